The van der Waals surface area contributed by atoms with Gasteiger partial charge in [-0.05, 0) is 12.1 Å². The van der Waals surface area contributed by atoms with Crippen molar-refractivity contribution in [1.29, 1.82) is 0 Å². The van der Waals surface area contributed by atoms with Crippen LogP contribution in [0.3, 0.4) is 0 Å². The van der Waals surface area contributed by atoms with Crippen molar-refractivity contribution >= 4 is 5.82 Å². The van der Waals surface area contributed by atoms with Crippen LogP contribution in [0.5, 0.6) is 0 Å². The van der Waals surface area contributed by atoms with Crippen LogP contribution in [0.1, 0.15) is 5.69 Å². The van der Waals surface area contributed by atoms with Crippen molar-refractivity contribution in [3.63, 3.8) is 0 Å². The van der Waals surface area contributed by atoms with Crippen molar-refractivity contribution in [2.24, 2.45) is 0 Å². The minimum Gasteiger partial charge on any atom is -0.382 e. The third-order valence-electron chi connectivity index (χ3n) is 2.34. The van der Waals surface area contributed by atoms with Gasteiger partial charge in [-0.25, -0.2) is 0 Å². The molecule has 1 saturated heterocycles. The number of nitrogens with two attached hydrogens (primary N) is 1. The summed E-state index contributed by atoms with van der Waals surface area (Å²) < 4.78 is 0. The van der Waals surface area contributed by atoms with Crippen LogP contribution in [-0.2, 0) is 6.54 Å². The second kappa shape index (κ2) is 4.34. The summed E-state index contributed by atoms with van der Waals surface area (Å²) in [6, 6.07) is 3.73. The number of piperazine rings is 1. The lowest BCUT2D eigenvalue weighted by Gasteiger charge is -2.26. The molecule has 0 spiro atoms. The van der Waals surface area contributed by atoms with Gasteiger partial charge in [0.1, 0.15) is 5.82 Å². The number of nitrogen functional groups attached to an aromatic ring is 1. The van der Waals surface area contributed by atoms with Crippen LogP contribution in [0.2, 0.25) is 0 Å². The maximum Gasteiger partial charge on any atom is 0.146 e. The fourth-order valence-electron chi connectivity index (χ4n) is 1.55. The topological polar surface area (TPSA) is 67.1 Å². The third-order valence-corrected chi connectivity index (χ3v) is 2.34. The molecule has 0 atom stereocenters. The zero-order valence-electron chi connectivity index (χ0n) is 8.11. The molecule has 2 rings (SSSR count). The van der Waals surface area contributed by atoms with Crippen molar-refractivity contribution < 1.29 is 0 Å². The van der Waals surface area contributed by atoms with E-state index in [0.29, 0.717) is 5.82 Å². The van der Waals surface area contributed by atoms with Crippen LogP contribution >= 0.6 is 0 Å². The molecule has 1 aromatic heterocycles. The third kappa shape index (κ3) is 2.40. The normalized spacial score (nSPS) is 18.3. The van der Waals surface area contributed by atoms with E-state index in [1.165, 1.54) is 0 Å². The Bertz CT molecular complexity index is 278. The highest BCUT2D eigenvalue weighted by Gasteiger charge is 2.10. The summed E-state index contributed by atoms with van der Waals surface area (Å²) in [5.74, 6) is 0.481. The Labute approximate surface area is 83.3 Å². The highest BCUT2D eigenvalue weighted by atomic mass is 15.2. The molecule has 1 aliphatic rings. The van der Waals surface area contributed by atoms with Gasteiger partial charge < -0.3 is 11.1 Å². The van der Waals surface area contributed by atoms with Crippen LogP contribution in [0.25, 0.3) is 0 Å². The van der Waals surface area contributed by atoms with E-state index in [1.807, 2.05) is 6.07 Å². The average molecular weight is 193 g/mol. The Balaban J connectivity index is 1.92. The van der Waals surface area contributed by atoms with Crippen molar-refractivity contribution in [3.8, 4) is 0 Å². The molecule has 1 fully saturated rings. The molecule has 3 N–H and O–H groups in total. The number of anilines is 1. The number of hydrogen-bond donors (Lipinski definition) is 2. The number of nitrogens with one attached hydrogen (secondary N) is 1. The van der Waals surface area contributed by atoms with E-state index in [9.17, 15) is 0 Å². The lowest BCUT2D eigenvalue weighted by atomic mass is 10.3. The van der Waals surface area contributed by atoms with Crippen molar-refractivity contribution in [2.75, 3.05) is 31.9 Å². The summed E-state index contributed by atoms with van der Waals surface area (Å²) in [5.41, 5.74) is 6.45. The molecule has 0 bridgehead atoms. The van der Waals surface area contributed by atoms with Gasteiger partial charge in [0.15, 0.2) is 0 Å². The molecule has 0 amide bonds. The highest BCUT2D eigenvalue weighted by Crippen LogP contribution is 2.03. The minimum atomic E-state index is 0.481. The van der Waals surface area contributed by atoms with Crippen molar-refractivity contribution in [1.82, 2.24) is 20.4 Å². The first-order valence-corrected chi connectivity index (χ1v) is 4.86. The Kier molecular flexibility index (Phi) is 2.90. The molecule has 1 aliphatic heterocycles. The predicted octanol–water partition coefficient (Wildman–Crippen LogP) is -0.536. The van der Waals surface area contributed by atoms with Crippen molar-refractivity contribution in [2.45, 2.75) is 6.54 Å². The lowest BCUT2D eigenvalue weighted by molar-refractivity contribution is 0.230. The molecule has 0 unspecified atom stereocenters. The van der Waals surface area contributed by atoms with E-state index in [0.717, 1.165) is 38.4 Å². The van der Waals surface area contributed by atoms with E-state index in [-0.39, 0.29) is 0 Å². The van der Waals surface area contributed by atoms with Gasteiger partial charge in [-0.15, -0.1) is 5.10 Å². The summed E-state index contributed by atoms with van der Waals surface area (Å²) in [7, 11) is 0. The maximum absolute atomic E-state index is 5.46. The average Bonchev–Trinajstić information content (AvgIpc) is 2.23. The number of hydrogen-bond acceptors (Lipinski definition) is 5. The van der Waals surface area contributed by atoms with E-state index >= 15 is 0 Å². The van der Waals surface area contributed by atoms with Gasteiger partial charge in [0, 0.05) is 32.7 Å². The minimum absolute atomic E-state index is 0.481. The summed E-state index contributed by atoms with van der Waals surface area (Å²) in [5, 5.41) is 11.2. The van der Waals surface area contributed by atoms with Gasteiger partial charge >= 0.3 is 0 Å². The Morgan fingerprint density at radius 3 is 2.71 bits per heavy atom. The summed E-state index contributed by atoms with van der Waals surface area (Å²) in [6.45, 7) is 5.14. The van der Waals surface area contributed by atoms with Gasteiger partial charge in [0.25, 0.3) is 0 Å². The number of rotatable bonds is 2. The Morgan fingerprint density at radius 1 is 1.29 bits per heavy atom. The second-order valence-corrected chi connectivity index (χ2v) is 3.48. The Hall–Kier alpha value is -1.20. The molecular formula is C9H15N5. The first-order chi connectivity index (χ1) is 6.84. The summed E-state index contributed by atoms with van der Waals surface area (Å²) in [4.78, 5) is 2.36. The van der Waals surface area contributed by atoms with E-state index in [4.69, 9.17) is 5.73 Å². The molecule has 76 valence electrons. The maximum atomic E-state index is 5.46. The van der Waals surface area contributed by atoms with Crippen LogP contribution in [0, 0.1) is 0 Å². The number of aromatic nitrogens is 2. The quantitative estimate of drug-likeness (QED) is 0.660. The first kappa shape index (κ1) is 9.36. The predicted molar refractivity (Wildman–Crippen MR) is 54.6 cm³/mol. The molecule has 1 aromatic rings. The SMILES string of the molecule is Nc1ccc(CN2CCNCC2)nn1. The summed E-state index contributed by atoms with van der Waals surface area (Å²) in [6.07, 6.45) is 0. The van der Waals surface area contributed by atoms with Crippen LogP contribution < -0.4 is 11.1 Å². The molecule has 0 aromatic carbocycles. The molecular weight excluding hydrogens is 178 g/mol. The molecule has 0 aliphatic carbocycles. The van der Waals surface area contributed by atoms with Gasteiger partial charge in [-0.1, -0.05) is 0 Å². The smallest absolute Gasteiger partial charge is 0.146 e. The Morgan fingerprint density at radius 2 is 2.07 bits per heavy atom. The zero-order chi connectivity index (χ0) is 9.80. The van der Waals surface area contributed by atoms with Crippen molar-refractivity contribution in [3.05, 3.63) is 17.8 Å². The van der Waals surface area contributed by atoms with Crippen LogP contribution in [-0.4, -0.2) is 41.3 Å². The lowest BCUT2D eigenvalue weighted by Crippen LogP contribution is -2.43. The largest absolute Gasteiger partial charge is 0.382 e. The highest BCUT2D eigenvalue weighted by molar-refractivity contribution is 5.25. The molecule has 5 heteroatoms. The van der Waals surface area contributed by atoms with Crippen LogP contribution in [0.4, 0.5) is 5.82 Å². The van der Waals surface area contributed by atoms with Gasteiger partial charge in [-0.3, -0.25) is 4.90 Å². The van der Waals surface area contributed by atoms with Gasteiger partial charge in [0.2, 0.25) is 0 Å². The number of nitrogens with zero attached hydrogens (tertiary/aromatic N) is 3. The monoisotopic (exact) mass is 193 g/mol. The first-order valence-electron chi connectivity index (χ1n) is 4.86. The van der Waals surface area contributed by atoms with E-state index < -0.39 is 0 Å². The van der Waals surface area contributed by atoms with E-state index in [2.05, 4.69) is 20.4 Å². The van der Waals surface area contributed by atoms with Gasteiger partial charge in [0.05, 0.1) is 5.69 Å². The molecule has 0 saturated carbocycles. The fourth-order valence-corrected chi connectivity index (χ4v) is 1.55. The molecule has 0 radical (unpaired) electrons. The molecule has 2 heterocycles. The summed E-state index contributed by atoms with van der Waals surface area (Å²) >= 11 is 0. The fraction of sp³-hybridized carbons (Fsp3) is 0.556. The zero-order valence-corrected chi connectivity index (χ0v) is 8.11. The second-order valence-electron chi connectivity index (χ2n) is 3.48. The van der Waals surface area contributed by atoms with Crippen LogP contribution in [0.15, 0.2) is 12.1 Å². The molecule has 14 heavy (non-hydrogen) atoms. The molecule has 5 nitrogen and oxygen atoms in total. The van der Waals surface area contributed by atoms with Gasteiger partial charge in [-0.2, -0.15) is 5.10 Å². The standard InChI is InChI=1S/C9H15N5/c10-9-2-1-8(12-13-9)7-14-5-3-11-4-6-14/h1-2,11H,3-7H2,(H2,10,13). The van der Waals surface area contributed by atoms with E-state index in [1.54, 1.807) is 6.07 Å².